The minimum atomic E-state index is -1.17. The Hall–Kier alpha value is -4.18. The number of hydrogen-bond acceptors (Lipinski definition) is 8. The third-order valence-corrected chi connectivity index (χ3v) is 5.85. The number of aromatic nitrogens is 4. The van der Waals surface area contributed by atoms with E-state index in [0.29, 0.717) is 30.3 Å². The zero-order valence-corrected chi connectivity index (χ0v) is 18.9. The number of anilines is 4. The number of aromatic carboxylic acids is 1. The van der Waals surface area contributed by atoms with Crippen LogP contribution in [0.1, 0.15) is 10.5 Å². The summed E-state index contributed by atoms with van der Waals surface area (Å²) in [6, 6.07) is 13.5. The number of fused-ring (bicyclic) bond motifs is 1. The third kappa shape index (κ3) is 3.99. The van der Waals surface area contributed by atoms with Crippen molar-refractivity contribution in [2.24, 2.45) is 7.05 Å². The quantitative estimate of drug-likeness (QED) is 0.399. The van der Waals surface area contributed by atoms with Crippen molar-refractivity contribution >= 4 is 40.0 Å². The van der Waals surface area contributed by atoms with Crippen LogP contribution in [0.25, 0.3) is 22.3 Å². The van der Waals surface area contributed by atoms with E-state index >= 15 is 0 Å². The number of carboxylic acids is 1. The van der Waals surface area contributed by atoms with Crippen LogP contribution < -0.4 is 15.5 Å². The van der Waals surface area contributed by atoms with Crippen molar-refractivity contribution in [3.63, 3.8) is 0 Å². The summed E-state index contributed by atoms with van der Waals surface area (Å²) in [6.45, 7) is 3.11. The first-order valence-electron chi connectivity index (χ1n) is 11.0. The zero-order chi connectivity index (χ0) is 23.7. The average Bonchev–Trinajstić information content (AvgIpc) is 3.25. The molecule has 0 aliphatic carbocycles. The molecule has 34 heavy (non-hydrogen) atoms. The smallest absolute Gasteiger partial charge is 0.358 e. The highest BCUT2D eigenvalue weighted by Gasteiger charge is 2.22. The number of carbonyl (C=O) groups is 1. The van der Waals surface area contributed by atoms with Crippen LogP contribution in [0.2, 0.25) is 0 Å². The lowest BCUT2D eigenvalue weighted by molar-refractivity contribution is 0.0691. The highest BCUT2D eigenvalue weighted by molar-refractivity contribution is 5.97. The lowest BCUT2D eigenvalue weighted by Gasteiger charge is -2.28. The van der Waals surface area contributed by atoms with Crippen LogP contribution in [0.3, 0.4) is 0 Å². The Morgan fingerprint density at radius 1 is 1.06 bits per heavy atom. The minimum absolute atomic E-state index is 0.160. The van der Waals surface area contributed by atoms with Gasteiger partial charge in [-0.3, -0.25) is 0 Å². The number of hydrogen-bond donors (Lipinski definition) is 3. The van der Waals surface area contributed by atoms with Gasteiger partial charge in [-0.15, -0.1) is 0 Å². The van der Waals surface area contributed by atoms with E-state index in [2.05, 4.69) is 30.5 Å². The second-order valence-electron chi connectivity index (χ2n) is 7.97. The minimum Gasteiger partial charge on any atom is -0.476 e. The molecule has 2 aromatic heterocycles. The number of para-hydroxylation sites is 1. The first-order valence-corrected chi connectivity index (χ1v) is 11.0. The topological polar surface area (TPSA) is 117 Å². The van der Waals surface area contributed by atoms with E-state index in [1.807, 2.05) is 54.1 Å². The van der Waals surface area contributed by atoms with Crippen LogP contribution in [0, 0.1) is 0 Å². The molecule has 3 heterocycles. The molecule has 0 atom stereocenters. The predicted molar refractivity (Wildman–Crippen MR) is 131 cm³/mol. The number of benzene rings is 2. The number of aryl methyl sites for hydroxylation is 1. The Morgan fingerprint density at radius 2 is 1.82 bits per heavy atom. The second-order valence-corrected chi connectivity index (χ2v) is 7.97. The maximum atomic E-state index is 12.1. The van der Waals surface area contributed by atoms with Gasteiger partial charge in [-0.1, -0.05) is 12.1 Å². The van der Waals surface area contributed by atoms with Crippen molar-refractivity contribution in [1.29, 1.82) is 0 Å². The maximum absolute atomic E-state index is 12.1. The number of nitrogens with zero attached hydrogens (tertiary/aromatic N) is 5. The summed E-state index contributed by atoms with van der Waals surface area (Å²) >= 11 is 0. The summed E-state index contributed by atoms with van der Waals surface area (Å²) in [5.74, 6) is -0.555. The number of rotatable bonds is 6. The molecule has 0 unspecified atom stereocenters. The normalized spacial score (nSPS) is 13.8. The lowest BCUT2D eigenvalue weighted by Crippen LogP contribution is -2.36. The van der Waals surface area contributed by atoms with E-state index in [9.17, 15) is 9.90 Å². The Balaban J connectivity index is 1.51. The van der Waals surface area contributed by atoms with Crippen molar-refractivity contribution in [3.05, 3.63) is 54.5 Å². The Bertz CT molecular complexity index is 1340. The van der Waals surface area contributed by atoms with Gasteiger partial charge in [0, 0.05) is 44.1 Å². The summed E-state index contributed by atoms with van der Waals surface area (Å²) in [7, 11) is 3.64. The molecule has 10 heteroatoms. The number of nitrogens with one attached hydrogen (secondary N) is 2. The molecule has 1 aliphatic rings. The summed E-state index contributed by atoms with van der Waals surface area (Å²) in [6.07, 6.45) is 1.72. The van der Waals surface area contributed by atoms with Gasteiger partial charge in [0.1, 0.15) is 5.69 Å². The fourth-order valence-electron chi connectivity index (χ4n) is 4.10. The molecule has 0 bridgehead atoms. The van der Waals surface area contributed by atoms with Crippen molar-refractivity contribution in [2.45, 2.75) is 0 Å². The molecule has 4 aromatic rings. The van der Waals surface area contributed by atoms with Crippen molar-refractivity contribution < 1.29 is 14.6 Å². The largest absolute Gasteiger partial charge is 0.476 e. The van der Waals surface area contributed by atoms with Crippen LogP contribution in [0.4, 0.5) is 23.0 Å². The predicted octanol–water partition coefficient (Wildman–Crippen LogP) is 3.35. The molecule has 10 nitrogen and oxygen atoms in total. The summed E-state index contributed by atoms with van der Waals surface area (Å²) in [5, 5.41) is 16.1. The average molecular weight is 460 g/mol. The number of imidazole rings is 1. The molecule has 1 fully saturated rings. The van der Waals surface area contributed by atoms with Gasteiger partial charge in [-0.25, -0.2) is 19.7 Å². The highest BCUT2D eigenvalue weighted by Crippen LogP contribution is 2.33. The van der Waals surface area contributed by atoms with Crippen LogP contribution in [-0.2, 0) is 11.8 Å². The zero-order valence-electron chi connectivity index (χ0n) is 18.9. The fourth-order valence-corrected chi connectivity index (χ4v) is 4.10. The third-order valence-electron chi connectivity index (χ3n) is 5.85. The van der Waals surface area contributed by atoms with E-state index in [1.54, 1.807) is 13.4 Å². The van der Waals surface area contributed by atoms with E-state index in [4.69, 9.17) is 4.74 Å². The lowest BCUT2D eigenvalue weighted by atomic mass is 10.1. The molecule has 5 rings (SSSR count). The molecule has 0 amide bonds. The van der Waals surface area contributed by atoms with E-state index in [-0.39, 0.29) is 11.5 Å². The van der Waals surface area contributed by atoms with E-state index in [1.165, 1.54) is 0 Å². The van der Waals surface area contributed by atoms with E-state index < -0.39 is 5.97 Å². The van der Waals surface area contributed by atoms with Crippen LogP contribution in [-0.4, -0.2) is 63.9 Å². The molecule has 1 aliphatic heterocycles. The van der Waals surface area contributed by atoms with Gasteiger partial charge in [0.05, 0.1) is 30.6 Å². The second kappa shape index (κ2) is 8.99. The van der Waals surface area contributed by atoms with Crippen LogP contribution in [0.5, 0.6) is 0 Å². The van der Waals surface area contributed by atoms with E-state index in [0.717, 1.165) is 35.5 Å². The summed E-state index contributed by atoms with van der Waals surface area (Å²) < 4.78 is 7.31. The molecular weight excluding hydrogens is 434 g/mol. The van der Waals surface area contributed by atoms with Gasteiger partial charge in [0.15, 0.2) is 17.3 Å². The molecule has 3 N–H and O–H groups in total. The molecule has 1 saturated heterocycles. The fraction of sp³-hybridized carbons (Fsp3) is 0.250. The number of carboxylic acid groups (broad SMARTS) is 1. The maximum Gasteiger partial charge on any atom is 0.358 e. The Labute approximate surface area is 196 Å². The highest BCUT2D eigenvalue weighted by atomic mass is 16.5. The molecule has 0 saturated carbocycles. The summed E-state index contributed by atoms with van der Waals surface area (Å²) in [5.41, 5.74) is 4.42. The molecule has 0 radical (unpaired) electrons. The summed E-state index contributed by atoms with van der Waals surface area (Å²) in [4.78, 5) is 27.9. The first kappa shape index (κ1) is 21.7. The van der Waals surface area contributed by atoms with Gasteiger partial charge < -0.3 is 29.9 Å². The van der Waals surface area contributed by atoms with Crippen LogP contribution >= 0.6 is 0 Å². The Morgan fingerprint density at radius 3 is 2.53 bits per heavy atom. The molecular formula is C24H25N7O3. The van der Waals surface area contributed by atoms with Gasteiger partial charge in [0.2, 0.25) is 0 Å². The SMILES string of the molecule is CNc1nc(Nc2ccc(N3CCOCC3)cc2)c(C(=O)O)nc1-c1cccc2c1ncn2C. The van der Waals surface area contributed by atoms with Crippen molar-refractivity contribution in [1.82, 2.24) is 19.5 Å². The van der Waals surface area contributed by atoms with Gasteiger partial charge in [-0.2, -0.15) is 0 Å². The van der Waals surface area contributed by atoms with Gasteiger partial charge in [-0.05, 0) is 30.3 Å². The number of morpholine rings is 1. The van der Waals surface area contributed by atoms with Crippen molar-refractivity contribution in [2.75, 3.05) is 48.9 Å². The standard InChI is InChI=1S/C24H25N7O3/c1-25-22-20(17-4-3-5-18-19(17)26-14-30(18)2)28-21(24(32)33)23(29-22)27-15-6-8-16(9-7-15)31-10-12-34-13-11-31/h3-9,14H,10-13H2,1-2H3,(H,32,33)(H2,25,27,29). The molecule has 0 spiro atoms. The van der Waals surface area contributed by atoms with Gasteiger partial charge in [0.25, 0.3) is 0 Å². The van der Waals surface area contributed by atoms with Crippen molar-refractivity contribution in [3.8, 4) is 11.3 Å². The molecule has 174 valence electrons. The number of ether oxygens (including phenoxy) is 1. The monoisotopic (exact) mass is 459 g/mol. The van der Waals surface area contributed by atoms with Crippen LogP contribution in [0.15, 0.2) is 48.8 Å². The first-order chi connectivity index (χ1) is 16.5. The van der Waals surface area contributed by atoms with Gasteiger partial charge >= 0.3 is 5.97 Å². The Kier molecular flexibility index (Phi) is 5.72. The molecule has 2 aromatic carbocycles.